The Hall–Kier alpha value is -1.90. The molecular formula is C11H10O3. The summed E-state index contributed by atoms with van der Waals surface area (Å²) in [7, 11) is 1.50. The van der Waals surface area contributed by atoms with Crippen LogP contribution in [0.3, 0.4) is 0 Å². The van der Waals surface area contributed by atoms with Gasteiger partial charge in [0, 0.05) is 5.39 Å². The fraction of sp³-hybridized carbons (Fsp3) is 0.0909. The van der Waals surface area contributed by atoms with Gasteiger partial charge in [-0.15, -0.1) is 0 Å². The van der Waals surface area contributed by atoms with E-state index in [1.165, 1.54) is 13.2 Å². The summed E-state index contributed by atoms with van der Waals surface area (Å²) in [6.45, 7) is 0. The summed E-state index contributed by atoms with van der Waals surface area (Å²) in [4.78, 5) is 0. The van der Waals surface area contributed by atoms with Gasteiger partial charge < -0.3 is 14.9 Å². The Kier molecular flexibility index (Phi) is 1.93. The summed E-state index contributed by atoms with van der Waals surface area (Å²) in [5, 5.41) is 20.4. The molecule has 0 aliphatic carbocycles. The van der Waals surface area contributed by atoms with E-state index in [-0.39, 0.29) is 11.5 Å². The van der Waals surface area contributed by atoms with Gasteiger partial charge in [-0.05, 0) is 29.7 Å². The highest BCUT2D eigenvalue weighted by Gasteiger charge is 2.06. The van der Waals surface area contributed by atoms with Crippen molar-refractivity contribution in [2.75, 3.05) is 7.11 Å². The molecule has 0 unspecified atom stereocenters. The summed E-state index contributed by atoms with van der Waals surface area (Å²) in [6, 6.07) is 8.23. The van der Waals surface area contributed by atoms with Gasteiger partial charge in [0.05, 0.1) is 7.11 Å². The van der Waals surface area contributed by atoms with Gasteiger partial charge in [-0.3, -0.25) is 0 Å². The van der Waals surface area contributed by atoms with Crippen molar-refractivity contribution >= 4 is 10.8 Å². The molecule has 0 aliphatic heterocycles. The molecule has 2 N–H and O–H groups in total. The van der Waals surface area contributed by atoms with Gasteiger partial charge in [0.2, 0.25) is 0 Å². The van der Waals surface area contributed by atoms with E-state index in [2.05, 4.69) is 0 Å². The lowest BCUT2D eigenvalue weighted by molar-refractivity contribution is 0.376. The summed E-state index contributed by atoms with van der Waals surface area (Å²) in [5.74, 6) is 0.718. The van der Waals surface area contributed by atoms with Crippen LogP contribution in [0.1, 0.15) is 0 Å². The molecule has 2 aromatic rings. The van der Waals surface area contributed by atoms with E-state index >= 15 is 0 Å². The highest BCUT2D eigenvalue weighted by Crippen LogP contribution is 2.35. The average Bonchev–Trinajstić information content (AvgIpc) is 2.18. The molecule has 3 heteroatoms. The van der Waals surface area contributed by atoms with E-state index < -0.39 is 0 Å². The van der Waals surface area contributed by atoms with Gasteiger partial charge in [-0.25, -0.2) is 0 Å². The summed E-state index contributed by atoms with van der Waals surface area (Å²) >= 11 is 0. The van der Waals surface area contributed by atoms with Crippen molar-refractivity contribution in [1.82, 2.24) is 0 Å². The number of phenolic OH excluding ortho intramolecular Hbond substituents is 2. The third kappa shape index (κ3) is 1.23. The summed E-state index contributed by atoms with van der Waals surface area (Å²) < 4.78 is 4.97. The predicted octanol–water partition coefficient (Wildman–Crippen LogP) is 2.26. The number of hydrogen-bond acceptors (Lipinski definition) is 3. The molecular weight excluding hydrogens is 180 g/mol. The number of ether oxygens (including phenoxy) is 1. The summed E-state index contributed by atoms with van der Waals surface area (Å²) in [5.41, 5.74) is 0. The molecule has 0 heterocycles. The molecule has 0 radical (unpaired) electrons. The standard InChI is InChI=1S/C11H10O3/c1-14-10-5-2-7-6-8(12)3-4-9(7)11(10)13/h2-6,12-13H,1H3. The average molecular weight is 190 g/mol. The first-order valence-electron chi connectivity index (χ1n) is 4.21. The maximum atomic E-state index is 9.73. The minimum atomic E-state index is 0.102. The molecule has 3 nitrogen and oxygen atoms in total. The quantitative estimate of drug-likeness (QED) is 0.725. The highest BCUT2D eigenvalue weighted by molar-refractivity contribution is 5.91. The zero-order chi connectivity index (χ0) is 10.1. The van der Waals surface area contributed by atoms with E-state index in [9.17, 15) is 10.2 Å². The van der Waals surface area contributed by atoms with E-state index in [1.54, 1.807) is 24.3 Å². The van der Waals surface area contributed by atoms with Crippen LogP contribution in [-0.4, -0.2) is 17.3 Å². The van der Waals surface area contributed by atoms with Crippen LogP contribution in [0.5, 0.6) is 17.2 Å². The van der Waals surface area contributed by atoms with Gasteiger partial charge in [0.25, 0.3) is 0 Å². The van der Waals surface area contributed by atoms with Gasteiger partial charge in [-0.1, -0.05) is 6.07 Å². The fourth-order valence-electron chi connectivity index (χ4n) is 1.45. The van der Waals surface area contributed by atoms with Gasteiger partial charge >= 0.3 is 0 Å². The summed E-state index contributed by atoms with van der Waals surface area (Å²) in [6.07, 6.45) is 0. The second-order valence-corrected chi connectivity index (χ2v) is 3.02. The highest BCUT2D eigenvalue weighted by atomic mass is 16.5. The minimum absolute atomic E-state index is 0.102. The Labute approximate surface area is 81.2 Å². The maximum absolute atomic E-state index is 9.73. The van der Waals surface area contributed by atoms with E-state index in [0.29, 0.717) is 11.1 Å². The van der Waals surface area contributed by atoms with E-state index in [4.69, 9.17) is 4.74 Å². The number of hydrogen-bond donors (Lipinski definition) is 2. The van der Waals surface area contributed by atoms with Crippen molar-refractivity contribution in [3.05, 3.63) is 30.3 Å². The number of aromatic hydroxyl groups is 2. The number of phenols is 2. The zero-order valence-electron chi connectivity index (χ0n) is 7.69. The molecule has 0 amide bonds. The van der Waals surface area contributed by atoms with Crippen molar-refractivity contribution in [3.8, 4) is 17.2 Å². The molecule has 0 saturated heterocycles. The zero-order valence-corrected chi connectivity index (χ0v) is 7.69. The third-order valence-corrected chi connectivity index (χ3v) is 2.16. The monoisotopic (exact) mass is 190 g/mol. The molecule has 0 aliphatic rings. The molecule has 0 atom stereocenters. The predicted molar refractivity (Wildman–Crippen MR) is 53.8 cm³/mol. The second-order valence-electron chi connectivity index (χ2n) is 3.02. The normalized spacial score (nSPS) is 10.4. The largest absolute Gasteiger partial charge is 0.508 e. The van der Waals surface area contributed by atoms with Crippen LogP contribution in [0.2, 0.25) is 0 Å². The van der Waals surface area contributed by atoms with Crippen LogP contribution in [0.25, 0.3) is 10.8 Å². The van der Waals surface area contributed by atoms with Crippen LogP contribution < -0.4 is 4.74 Å². The van der Waals surface area contributed by atoms with Crippen LogP contribution in [0, 0.1) is 0 Å². The molecule has 0 aromatic heterocycles. The van der Waals surface area contributed by atoms with Crippen molar-refractivity contribution < 1.29 is 14.9 Å². The van der Waals surface area contributed by atoms with Crippen LogP contribution in [-0.2, 0) is 0 Å². The van der Waals surface area contributed by atoms with E-state index in [1.807, 2.05) is 0 Å². The molecule has 0 fully saturated rings. The lowest BCUT2D eigenvalue weighted by Gasteiger charge is -2.06. The maximum Gasteiger partial charge on any atom is 0.165 e. The van der Waals surface area contributed by atoms with Crippen molar-refractivity contribution in [1.29, 1.82) is 0 Å². The smallest absolute Gasteiger partial charge is 0.165 e. The number of fused-ring (bicyclic) bond motifs is 1. The number of methoxy groups -OCH3 is 1. The number of benzene rings is 2. The van der Waals surface area contributed by atoms with Crippen molar-refractivity contribution in [3.63, 3.8) is 0 Å². The van der Waals surface area contributed by atoms with Gasteiger partial charge in [0.15, 0.2) is 11.5 Å². The molecule has 0 saturated carbocycles. The Morgan fingerprint density at radius 1 is 1.07 bits per heavy atom. The molecule has 2 aromatic carbocycles. The third-order valence-electron chi connectivity index (χ3n) is 2.16. The van der Waals surface area contributed by atoms with Crippen molar-refractivity contribution in [2.45, 2.75) is 0 Å². The second kappa shape index (κ2) is 3.10. The molecule has 72 valence electrons. The first-order chi connectivity index (χ1) is 6.72. The minimum Gasteiger partial charge on any atom is -0.508 e. The van der Waals surface area contributed by atoms with E-state index in [0.717, 1.165) is 5.39 Å². The molecule has 2 rings (SSSR count). The van der Waals surface area contributed by atoms with Crippen LogP contribution in [0.4, 0.5) is 0 Å². The Balaban J connectivity index is 2.77. The fourth-order valence-corrected chi connectivity index (χ4v) is 1.45. The topological polar surface area (TPSA) is 49.7 Å². The molecule has 14 heavy (non-hydrogen) atoms. The lowest BCUT2D eigenvalue weighted by atomic mass is 10.1. The Morgan fingerprint density at radius 2 is 1.86 bits per heavy atom. The van der Waals surface area contributed by atoms with Crippen LogP contribution in [0.15, 0.2) is 30.3 Å². The molecule has 0 spiro atoms. The van der Waals surface area contributed by atoms with Crippen molar-refractivity contribution in [2.24, 2.45) is 0 Å². The SMILES string of the molecule is COc1ccc2cc(O)ccc2c1O. The number of rotatable bonds is 1. The van der Waals surface area contributed by atoms with Gasteiger partial charge in [-0.2, -0.15) is 0 Å². The Morgan fingerprint density at radius 3 is 2.57 bits per heavy atom. The molecule has 0 bridgehead atoms. The first-order valence-corrected chi connectivity index (χ1v) is 4.21. The van der Waals surface area contributed by atoms with Gasteiger partial charge in [0.1, 0.15) is 5.75 Å². The first kappa shape index (κ1) is 8.69. The van der Waals surface area contributed by atoms with Crippen LogP contribution >= 0.6 is 0 Å². The Bertz CT molecular complexity index is 477. The lowest BCUT2D eigenvalue weighted by Crippen LogP contribution is -1.84.